The molecule has 0 radical (unpaired) electrons. The number of ether oxygens (including phenoxy) is 1. The molecule has 0 amide bonds. The third kappa shape index (κ3) is 4.66. The Morgan fingerprint density at radius 2 is 1.63 bits per heavy atom. The SMILES string of the molecule is CC(C)OCCCCNc1c(F)c(F)nc(F)c1F. The Balaban J connectivity index is 2.45. The van der Waals surface area contributed by atoms with Crippen LogP contribution in [0.4, 0.5) is 23.2 Å². The minimum absolute atomic E-state index is 0.117. The molecule has 0 aliphatic rings. The summed E-state index contributed by atoms with van der Waals surface area (Å²) in [6, 6.07) is 0. The summed E-state index contributed by atoms with van der Waals surface area (Å²) >= 11 is 0. The number of nitrogens with zero attached hydrogens (tertiary/aromatic N) is 1. The number of rotatable bonds is 7. The molecular weight excluding hydrogens is 264 g/mol. The summed E-state index contributed by atoms with van der Waals surface area (Å²) in [5, 5.41) is 2.33. The molecule has 1 aromatic rings. The summed E-state index contributed by atoms with van der Waals surface area (Å²) in [5.41, 5.74) is -0.824. The van der Waals surface area contributed by atoms with Crippen molar-refractivity contribution in [3.63, 3.8) is 0 Å². The first kappa shape index (κ1) is 15.7. The van der Waals surface area contributed by atoms with E-state index in [0.29, 0.717) is 19.4 Å². The van der Waals surface area contributed by atoms with Crippen molar-refractivity contribution in [3.8, 4) is 0 Å². The summed E-state index contributed by atoms with van der Waals surface area (Å²) in [6.45, 7) is 4.48. The summed E-state index contributed by atoms with van der Waals surface area (Å²) < 4.78 is 57.2. The second kappa shape index (κ2) is 7.28. The van der Waals surface area contributed by atoms with Gasteiger partial charge in [0.1, 0.15) is 5.69 Å². The standard InChI is InChI=1S/C12H16F4N2O/c1-7(2)19-6-4-3-5-17-10-8(13)11(15)18-12(16)9(10)14/h7H,3-6H2,1-2H3,(H,17,18). The molecule has 0 aliphatic heterocycles. The molecule has 0 aromatic carbocycles. The normalized spacial score (nSPS) is 11.1. The number of pyridine rings is 1. The van der Waals surface area contributed by atoms with Crippen LogP contribution in [0.5, 0.6) is 0 Å². The maximum absolute atomic E-state index is 13.2. The van der Waals surface area contributed by atoms with Gasteiger partial charge in [-0.2, -0.15) is 22.5 Å². The molecule has 0 bridgehead atoms. The minimum atomic E-state index is -1.66. The number of nitrogens with one attached hydrogen (secondary N) is 1. The maximum Gasteiger partial charge on any atom is 0.253 e. The Kier molecular flexibility index (Phi) is 6.01. The lowest BCUT2D eigenvalue weighted by Gasteiger charge is -2.10. The second-order valence-electron chi connectivity index (χ2n) is 4.25. The highest BCUT2D eigenvalue weighted by Crippen LogP contribution is 2.21. The molecule has 7 heteroatoms. The molecule has 1 N–H and O–H groups in total. The third-order valence-electron chi connectivity index (χ3n) is 2.32. The zero-order valence-electron chi connectivity index (χ0n) is 10.8. The maximum atomic E-state index is 13.2. The number of hydrogen-bond donors (Lipinski definition) is 1. The number of aromatic nitrogens is 1. The molecule has 0 saturated heterocycles. The smallest absolute Gasteiger partial charge is 0.253 e. The lowest BCUT2D eigenvalue weighted by molar-refractivity contribution is 0.0765. The summed E-state index contributed by atoms with van der Waals surface area (Å²) in [6.07, 6.45) is 1.34. The lowest BCUT2D eigenvalue weighted by atomic mass is 10.3. The molecule has 1 rings (SSSR count). The van der Waals surface area contributed by atoms with Crippen molar-refractivity contribution >= 4 is 5.69 Å². The topological polar surface area (TPSA) is 34.1 Å². The van der Waals surface area contributed by atoms with Crippen LogP contribution >= 0.6 is 0 Å². The fourth-order valence-electron chi connectivity index (χ4n) is 1.40. The van der Waals surface area contributed by atoms with Gasteiger partial charge in [-0.3, -0.25) is 0 Å². The average molecular weight is 280 g/mol. The van der Waals surface area contributed by atoms with Gasteiger partial charge in [-0.05, 0) is 26.7 Å². The van der Waals surface area contributed by atoms with Crippen LogP contribution in [0.2, 0.25) is 0 Å². The van der Waals surface area contributed by atoms with Crippen molar-refractivity contribution in [2.75, 3.05) is 18.5 Å². The van der Waals surface area contributed by atoms with Crippen molar-refractivity contribution in [1.82, 2.24) is 4.98 Å². The van der Waals surface area contributed by atoms with Crippen molar-refractivity contribution < 1.29 is 22.3 Å². The molecule has 0 atom stereocenters. The van der Waals surface area contributed by atoms with Crippen molar-refractivity contribution in [1.29, 1.82) is 0 Å². The molecule has 0 spiro atoms. The molecule has 0 fully saturated rings. The van der Waals surface area contributed by atoms with Crippen LogP contribution in [0.25, 0.3) is 0 Å². The van der Waals surface area contributed by atoms with Gasteiger partial charge in [0.2, 0.25) is 11.6 Å². The average Bonchev–Trinajstić information content (AvgIpc) is 2.34. The number of unbranched alkanes of at least 4 members (excludes halogenated alkanes) is 1. The highest BCUT2D eigenvalue weighted by molar-refractivity contribution is 5.45. The Bertz CT molecular complexity index is 400. The highest BCUT2D eigenvalue weighted by Gasteiger charge is 2.20. The fourth-order valence-corrected chi connectivity index (χ4v) is 1.40. The van der Waals surface area contributed by atoms with Gasteiger partial charge in [0.25, 0.3) is 11.9 Å². The van der Waals surface area contributed by atoms with Crippen LogP contribution in [0.15, 0.2) is 0 Å². The van der Waals surface area contributed by atoms with E-state index < -0.39 is 29.2 Å². The minimum Gasteiger partial charge on any atom is -0.380 e. The van der Waals surface area contributed by atoms with E-state index in [1.165, 1.54) is 0 Å². The first-order chi connectivity index (χ1) is 8.93. The summed E-state index contributed by atoms with van der Waals surface area (Å²) in [4.78, 5) is 2.47. The monoisotopic (exact) mass is 280 g/mol. The Labute approximate surface area is 109 Å². The molecule has 3 nitrogen and oxygen atoms in total. The van der Waals surface area contributed by atoms with Gasteiger partial charge in [-0.1, -0.05) is 0 Å². The van der Waals surface area contributed by atoms with Crippen molar-refractivity contribution in [2.45, 2.75) is 32.8 Å². The highest BCUT2D eigenvalue weighted by atomic mass is 19.2. The van der Waals surface area contributed by atoms with Crippen LogP contribution in [0.3, 0.4) is 0 Å². The van der Waals surface area contributed by atoms with E-state index in [1.807, 2.05) is 13.8 Å². The molecule has 108 valence electrons. The Hall–Kier alpha value is -1.37. The van der Waals surface area contributed by atoms with E-state index >= 15 is 0 Å². The van der Waals surface area contributed by atoms with Gasteiger partial charge in [-0.15, -0.1) is 0 Å². The number of hydrogen-bond acceptors (Lipinski definition) is 3. The largest absolute Gasteiger partial charge is 0.380 e. The molecule has 1 heterocycles. The summed E-state index contributed by atoms with van der Waals surface area (Å²) in [5.74, 6) is -6.36. The van der Waals surface area contributed by atoms with Gasteiger partial charge in [0, 0.05) is 13.2 Å². The second-order valence-corrected chi connectivity index (χ2v) is 4.25. The van der Waals surface area contributed by atoms with Gasteiger partial charge in [0.15, 0.2) is 0 Å². The van der Waals surface area contributed by atoms with E-state index in [-0.39, 0.29) is 12.6 Å². The lowest BCUT2D eigenvalue weighted by Crippen LogP contribution is -2.11. The predicted octanol–water partition coefficient (Wildman–Crippen LogP) is 3.26. The van der Waals surface area contributed by atoms with Crippen LogP contribution in [-0.4, -0.2) is 24.2 Å². The quantitative estimate of drug-likeness (QED) is 0.473. The Morgan fingerprint density at radius 1 is 1.05 bits per heavy atom. The fraction of sp³-hybridized carbons (Fsp3) is 0.583. The van der Waals surface area contributed by atoms with E-state index in [4.69, 9.17) is 4.74 Å². The number of halogens is 4. The van der Waals surface area contributed by atoms with Gasteiger partial charge in [-0.25, -0.2) is 0 Å². The van der Waals surface area contributed by atoms with Gasteiger partial charge < -0.3 is 10.1 Å². The van der Waals surface area contributed by atoms with Gasteiger partial charge in [0.05, 0.1) is 6.10 Å². The van der Waals surface area contributed by atoms with Gasteiger partial charge >= 0.3 is 0 Å². The molecule has 0 saturated carbocycles. The van der Waals surface area contributed by atoms with E-state index in [0.717, 1.165) is 0 Å². The first-order valence-electron chi connectivity index (χ1n) is 5.99. The van der Waals surface area contributed by atoms with Crippen LogP contribution < -0.4 is 5.32 Å². The van der Waals surface area contributed by atoms with Crippen LogP contribution in [0, 0.1) is 23.5 Å². The van der Waals surface area contributed by atoms with Crippen LogP contribution in [-0.2, 0) is 4.74 Å². The van der Waals surface area contributed by atoms with E-state index in [1.54, 1.807) is 0 Å². The summed E-state index contributed by atoms with van der Waals surface area (Å²) in [7, 11) is 0. The molecular formula is C12H16F4N2O. The molecule has 19 heavy (non-hydrogen) atoms. The van der Waals surface area contributed by atoms with Crippen LogP contribution in [0.1, 0.15) is 26.7 Å². The van der Waals surface area contributed by atoms with Crippen molar-refractivity contribution in [2.24, 2.45) is 0 Å². The first-order valence-corrected chi connectivity index (χ1v) is 5.99. The molecule has 1 aromatic heterocycles. The zero-order chi connectivity index (χ0) is 14.4. The predicted molar refractivity (Wildman–Crippen MR) is 62.9 cm³/mol. The van der Waals surface area contributed by atoms with E-state index in [2.05, 4.69) is 10.3 Å². The number of anilines is 1. The molecule has 0 unspecified atom stereocenters. The Morgan fingerprint density at radius 3 is 2.16 bits per heavy atom. The third-order valence-corrected chi connectivity index (χ3v) is 2.32. The van der Waals surface area contributed by atoms with E-state index in [9.17, 15) is 17.6 Å². The zero-order valence-corrected chi connectivity index (χ0v) is 10.8. The van der Waals surface area contributed by atoms with Crippen molar-refractivity contribution in [3.05, 3.63) is 23.5 Å². The molecule has 0 aliphatic carbocycles.